The van der Waals surface area contributed by atoms with Crippen LogP contribution >= 0.6 is 22.9 Å². The van der Waals surface area contributed by atoms with Crippen LogP contribution in [0.5, 0.6) is 0 Å². The van der Waals surface area contributed by atoms with E-state index in [0.29, 0.717) is 11.6 Å². The van der Waals surface area contributed by atoms with Crippen molar-refractivity contribution in [1.82, 2.24) is 9.55 Å². The van der Waals surface area contributed by atoms with Crippen LogP contribution in [0.3, 0.4) is 0 Å². The summed E-state index contributed by atoms with van der Waals surface area (Å²) in [5, 5.41) is 14.3. The molecule has 1 N–H and O–H groups in total. The first-order chi connectivity index (χ1) is 15.6. The molecule has 6 heteroatoms. The minimum Gasteiger partial charge on any atom is -0.481 e. The van der Waals surface area contributed by atoms with Gasteiger partial charge in [-0.15, -0.1) is 11.3 Å². The predicted octanol–water partition coefficient (Wildman–Crippen LogP) is 7.27. The van der Waals surface area contributed by atoms with Crippen LogP contribution in [0.15, 0.2) is 72.5 Å². The SMILES string of the molecule is CC.O=C(O)Cc1cn(Cc2csc3ccc(Cl)cc23)c2cc(-c3cccnc3)ccc12. The molecule has 3 aromatic heterocycles. The maximum Gasteiger partial charge on any atom is 0.307 e. The van der Waals surface area contributed by atoms with Gasteiger partial charge in [-0.1, -0.05) is 43.6 Å². The largest absolute Gasteiger partial charge is 0.481 e. The minimum absolute atomic E-state index is 0.00798. The van der Waals surface area contributed by atoms with Crippen molar-refractivity contribution in [2.75, 3.05) is 0 Å². The summed E-state index contributed by atoms with van der Waals surface area (Å²) in [4.78, 5) is 15.6. The van der Waals surface area contributed by atoms with Gasteiger partial charge in [0.2, 0.25) is 0 Å². The Bertz CT molecular complexity index is 1390. The molecule has 0 atom stereocenters. The van der Waals surface area contributed by atoms with Gasteiger partial charge in [-0.05, 0) is 57.8 Å². The highest BCUT2D eigenvalue weighted by atomic mass is 35.5. The Hall–Kier alpha value is -3.15. The third-order valence-corrected chi connectivity index (χ3v) is 6.51. The monoisotopic (exact) mass is 462 g/mol. The number of halogens is 1. The summed E-state index contributed by atoms with van der Waals surface area (Å²) in [5.74, 6) is -0.835. The van der Waals surface area contributed by atoms with Crippen molar-refractivity contribution in [2.24, 2.45) is 0 Å². The summed E-state index contributed by atoms with van der Waals surface area (Å²) in [7, 11) is 0. The predicted molar refractivity (Wildman–Crippen MR) is 134 cm³/mol. The van der Waals surface area contributed by atoms with Crippen LogP contribution in [0.1, 0.15) is 25.0 Å². The van der Waals surface area contributed by atoms with Gasteiger partial charge >= 0.3 is 5.97 Å². The van der Waals surface area contributed by atoms with E-state index in [9.17, 15) is 9.90 Å². The first-order valence-corrected chi connectivity index (χ1v) is 11.7. The molecule has 0 saturated heterocycles. The lowest BCUT2D eigenvalue weighted by atomic mass is 10.0. The quantitative estimate of drug-likeness (QED) is 0.298. The van der Waals surface area contributed by atoms with Crippen molar-refractivity contribution in [2.45, 2.75) is 26.8 Å². The Kier molecular flexibility index (Phi) is 6.58. The van der Waals surface area contributed by atoms with Gasteiger partial charge < -0.3 is 9.67 Å². The van der Waals surface area contributed by atoms with Crippen LogP contribution in [-0.2, 0) is 17.8 Å². The second-order valence-corrected chi connectivity index (χ2v) is 8.58. The van der Waals surface area contributed by atoms with E-state index in [1.54, 1.807) is 17.5 Å². The normalized spacial score (nSPS) is 10.8. The standard InChI is InChI=1S/C24H17ClN2O2S.C2H6/c25-19-4-6-23-21(10-19)18(14-30-23)13-27-12-17(9-24(28)29)20-5-3-15(8-22(20)27)16-2-1-7-26-11-16;1-2/h1-8,10-12,14H,9,13H2,(H,28,29);1-2H3. The number of hydrogen-bond donors (Lipinski definition) is 1. The zero-order valence-electron chi connectivity index (χ0n) is 17.9. The Balaban J connectivity index is 0.00000119. The molecule has 2 aromatic carbocycles. The first kappa shape index (κ1) is 22.1. The average molecular weight is 463 g/mol. The van der Waals surface area contributed by atoms with Gasteiger partial charge in [-0.3, -0.25) is 9.78 Å². The van der Waals surface area contributed by atoms with Crippen LogP contribution in [0, 0.1) is 0 Å². The third kappa shape index (κ3) is 4.40. The molecule has 0 spiro atoms. The highest BCUT2D eigenvalue weighted by molar-refractivity contribution is 7.17. The van der Waals surface area contributed by atoms with Crippen LogP contribution in [0.25, 0.3) is 32.1 Å². The Morgan fingerprint density at radius 2 is 1.91 bits per heavy atom. The summed E-state index contributed by atoms with van der Waals surface area (Å²) in [6, 6.07) is 16.0. The molecule has 0 aliphatic heterocycles. The summed E-state index contributed by atoms with van der Waals surface area (Å²) >= 11 is 7.91. The van der Waals surface area contributed by atoms with Gasteiger partial charge in [0.05, 0.1) is 6.42 Å². The third-order valence-electron chi connectivity index (χ3n) is 5.26. The fraction of sp³-hybridized carbons (Fsp3) is 0.154. The van der Waals surface area contributed by atoms with E-state index in [1.807, 2.05) is 68.7 Å². The van der Waals surface area contributed by atoms with Gasteiger partial charge in [0.15, 0.2) is 0 Å². The number of hydrogen-bond acceptors (Lipinski definition) is 3. The molecule has 0 aliphatic rings. The van der Waals surface area contributed by atoms with Crippen molar-refractivity contribution in [1.29, 1.82) is 0 Å². The molecular weight excluding hydrogens is 440 g/mol. The maximum atomic E-state index is 11.4. The number of benzene rings is 2. The van der Waals surface area contributed by atoms with Crippen molar-refractivity contribution in [3.8, 4) is 11.1 Å². The first-order valence-electron chi connectivity index (χ1n) is 10.5. The number of nitrogens with zero attached hydrogens (tertiary/aromatic N) is 2. The van der Waals surface area contributed by atoms with Crippen LogP contribution in [0.2, 0.25) is 5.02 Å². The summed E-state index contributed by atoms with van der Waals surface area (Å²) < 4.78 is 3.32. The topological polar surface area (TPSA) is 55.1 Å². The van der Waals surface area contributed by atoms with Crippen molar-refractivity contribution >= 4 is 49.9 Å². The van der Waals surface area contributed by atoms with E-state index in [2.05, 4.69) is 21.0 Å². The number of rotatable bonds is 5. The van der Waals surface area contributed by atoms with Gasteiger partial charge in [-0.2, -0.15) is 0 Å². The van der Waals surface area contributed by atoms with E-state index < -0.39 is 5.97 Å². The molecule has 4 nitrogen and oxygen atoms in total. The number of carboxylic acids is 1. The number of fused-ring (bicyclic) bond motifs is 2. The second kappa shape index (κ2) is 9.55. The van der Waals surface area contributed by atoms with Crippen LogP contribution in [0.4, 0.5) is 0 Å². The number of thiophene rings is 1. The molecule has 0 unspecified atom stereocenters. The van der Waals surface area contributed by atoms with E-state index in [4.69, 9.17) is 11.6 Å². The highest BCUT2D eigenvalue weighted by Gasteiger charge is 2.14. The molecule has 3 heterocycles. The average Bonchev–Trinajstić information content (AvgIpc) is 3.36. The lowest BCUT2D eigenvalue weighted by Gasteiger charge is -2.07. The molecule has 5 rings (SSSR count). The van der Waals surface area contributed by atoms with Gasteiger partial charge in [0.1, 0.15) is 0 Å². The molecule has 0 amide bonds. The zero-order chi connectivity index (χ0) is 22.7. The van der Waals surface area contributed by atoms with Crippen LogP contribution in [-0.4, -0.2) is 20.6 Å². The Labute approximate surface area is 195 Å². The summed E-state index contributed by atoms with van der Waals surface area (Å²) in [6.07, 6.45) is 5.54. The van der Waals surface area contributed by atoms with Crippen molar-refractivity contribution < 1.29 is 9.90 Å². The van der Waals surface area contributed by atoms with Gasteiger partial charge in [0, 0.05) is 51.3 Å². The molecule has 5 aromatic rings. The fourth-order valence-corrected chi connectivity index (χ4v) is 4.98. The Morgan fingerprint density at radius 3 is 2.66 bits per heavy atom. The molecule has 0 aliphatic carbocycles. The Morgan fingerprint density at radius 1 is 1.06 bits per heavy atom. The number of pyridine rings is 1. The molecule has 0 bridgehead atoms. The van der Waals surface area contributed by atoms with E-state index >= 15 is 0 Å². The number of aliphatic carboxylic acids is 1. The zero-order valence-corrected chi connectivity index (χ0v) is 19.5. The number of carboxylic acid groups (broad SMARTS) is 1. The molecule has 0 saturated carbocycles. The van der Waals surface area contributed by atoms with Gasteiger partial charge in [-0.25, -0.2) is 0 Å². The molecule has 0 radical (unpaired) electrons. The number of carbonyl (C=O) groups is 1. The molecular formula is C26H23ClN2O2S. The van der Waals surface area contributed by atoms with Gasteiger partial charge in [0.25, 0.3) is 0 Å². The second-order valence-electron chi connectivity index (χ2n) is 7.23. The van der Waals surface area contributed by atoms with E-state index in [1.165, 1.54) is 10.3 Å². The van der Waals surface area contributed by atoms with Crippen LogP contribution < -0.4 is 0 Å². The van der Waals surface area contributed by atoms with E-state index in [0.717, 1.165) is 33.0 Å². The molecule has 32 heavy (non-hydrogen) atoms. The lowest BCUT2D eigenvalue weighted by molar-refractivity contribution is -0.136. The van der Waals surface area contributed by atoms with Crippen molar-refractivity contribution in [3.63, 3.8) is 0 Å². The fourth-order valence-electron chi connectivity index (χ4n) is 3.88. The molecule has 0 fully saturated rings. The lowest BCUT2D eigenvalue weighted by Crippen LogP contribution is -2.00. The highest BCUT2D eigenvalue weighted by Crippen LogP contribution is 2.32. The summed E-state index contributed by atoms with van der Waals surface area (Å²) in [6.45, 7) is 4.65. The minimum atomic E-state index is -0.835. The number of aromatic nitrogens is 2. The van der Waals surface area contributed by atoms with E-state index in [-0.39, 0.29) is 6.42 Å². The molecule has 162 valence electrons. The summed E-state index contributed by atoms with van der Waals surface area (Å²) in [5.41, 5.74) is 5.07. The van der Waals surface area contributed by atoms with Crippen molar-refractivity contribution in [3.05, 3.63) is 88.7 Å². The smallest absolute Gasteiger partial charge is 0.307 e. The maximum absolute atomic E-state index is 11.4.